The van der Waals surface area contributed by atoms with Gasteiger partial charge in [0.25, 0.3) is 5.91 Å². The lowest BCUT2D eigenvalue weighted by Crippen LogP contribution is -2.42. The molecule has 1 aromatic heterocycles. The Morgan fingerprint density at radius 3 is 2.40 bits per heavy atom. The van der Waals surface area contributed by atoms with Crippen molar-refractivity contribution in [1.29, 1.82) is 5.26 Å². The third-order valence-corrected chi connectivity index (χ3v) is 7.93. The van der Waals surface area contributed by atoms with Crippen LogP contribution in [-0.2, 0) is 5.41 Å². The molecule has 3 aromatic rings. The van der Waals surface area contributed by atoms with Crippen LogP contribution < -0.4 is 16.4 Å². The Hall–Kier alpha value is -4.56. The van der Waals surface area contributed by atoms with E-state index >= 15 is 0 Å². The van der Waals surface area contributed by atoms with Gasteiger partial charge in [0.05, 0.1) is 11.5 Å². The normalized spacial score (nSPS) is 18.6. The van der Waals surface area contributed by atoms with Crippen LogP contribution >= 0.6 is 0 Å². The van der Waals surface area contributed by atoms with Gasteiger partial charge in [0.15, 0.2) is 5.82 Å². The number of rotatable bonds is 11. The zero-order valence-corrected chi connectivity index (χ0v) is 22.9. The van der Waals surface area contributed by atoms with Crippen molar-refractivity contribution in [3.05, 3.63) is 76.8 Å². The minimum absolute atomic E-state index is 0.0538. The molecule has 0 bridgehead atoms. The van der Waals surface area contributed by atoms with Crippen molar-refractivity contribution in [2.24, 2.45) is 5.73 Å². The Bertz CT molecular complexity index is 1510. The summed E-state index contributed by atoms with van der Waals surface area (Å²) in [5.74, 6) is -0.269. The fraction of sp³-hybridized carbons (Fsp3) is 0.379. The summed E-state index contributed by atoms with van der Waals surface area (Å²) in [6.45, 7) is 8.78. The molecular weight excluding hydrogens is 506 g/mol. The number of H-pyrrole nitrogens is 1. The smallest absolute Gasteiger partial charge is 0.251 e. The van der Waals surface area contributed by atoms with Gasteiger partial charge in [0.1, 0.15) is 6.04 Å². The maximum atomic E-state index is 12.5. The highest BCUT2D eigenvalue weighted by atomic mass is 16.1. The van der Waals surface area contributed by atoms with Gasteiger partial charge in [-0.05, 0) is 79.6 Å². The molecule has 0 aliphatic heterocycles. The van der Waals surface area contributed by atoms with Crippen LogP contribution in [0.15, 0.2) is 48.7 Å². The summed E-state index contributed by atoms with van der Waals surface area (Å²) >= 11 is 0. The molecule has 5 rings (SSSR count). The zero-order chi connectivity index (χ0) is 28.6. The van der Waals surface area contributed by atoms with Crippen LogP contribution in [0.25, 0.3) is 11.1 Å². The van der Waals surface area contributed by atoms with Crippen molar-refractivity contribution in [2.45, 2.75) is 56.7 Å². The SMILES string of the molecule is C=C(CN[C@@H](C)CC1(c2nn[nH]n2)c2ccc(C(N)=O)cc2-c2cc(C(=O)NC)ccc21)N(C(C)C#N)C1CC1. The molecule has 2 aromatic carbocycles. The van der Waals surface area contributed by atoms with Crippen LogP contribution in [0.1, 0.15) is 70.8 Å². The third-order valence-electron chi connectivity index (χ3n) is 7.93. The van der Waals surface area contributed by atoms with Crippen molar-refractivity contribution >= 4 is 11.8 Å². The number of hydrogen-bond donors (Lipinski definition) is 4. The molecule has 0 saturated heterocycles. The van der Waals surface area contributed by atoms with Gasteiger partial charge in [-0.2, -0.15) is 10.5 Å². The summed E-state index contributed by atoms with van der Waals surface area (Å²) in [4.78, 5) is 26.7. The number of tetrazole rings is 1. The summed E-state index contributed by atoms with van der Waals surface area (Å²) in [6.07, 6.45) is 2.69. The molecule has 1 fully saturated rings. The lowest BCUT2D eigenvalue weighted by Gasteiger charge is -2.33. The van der Waals surface area contributed by atoms with Crippen LogP contribution in [0.2, 0.25) is 0 Å². The van der Waals surface area contributed by atoms with Gasteiger partial charge in [-0.15, -0.1) is 10.2 Å². The number of nitriles is 1. The Labute approximate surface area is 232 Å². The first kappa shape index (κ1) is 27.0. The molecule has 40 heavy (non-hydrogen) atoms. The number of hydrogen-bond acceptors (Lipinski definition) is 8. The lowest BCUT2D eigenvalue weighted by molar-refractivity contribution is 0.0961. The number of carbonyl (C=O) groups excluding carboxylic acids is 2. The predicted molar refractivity (Wildman–Crippen MR) is 149 cm³/mol. The Balaban J connectivity index is 1.55. The largest absolute Gasteiger partial charge is 0.366 e. The number of carbonyl (C=O) groups is 2. The topological polar surface area (TPSA) is 166 Å². The average molecular weight is 540 g/mol. The molecule has 1 heterocycles. The maximum absolute atomic E-state index is 12.5. The van der Waals surface area contributed by atoms with Gasteiger partial charge in [-0.25, -0.2) is 0 Å². The van der Waals surface area contributed by atoms with Crippen LogP contribution in [0.4, 0.5) is 0 Å². The molecule has 2 amide bonds. The monoisotopic (exact) mass is 539 g/mol. The van der Waals surface area contributed by atoms with Gasteiger partial charge < -0.3 is 21.3 Å². The zero-order valence-electron chi connectivity index (χ0n) is 22.9. The van der Waals surface area contributed by atoms with E-state index in [4.69, 9.17) is 5.73 Å². The molecule has 5 N–H and O–H groups in total. The van der Waals surface area contributed by atoms with E-state index < -0.39 is 11.3 Å². The molecule has 2 unspecified atom stereocenters. The number of amides is 2. The Morgan fingerprint density at radius 2 is 1.85 bits per heavy atom. The average Bonchev–Trinajstić information content (AvgIpc) is 3.55. The van der Waals surface area contributed by atoms with Crippen LogP contribution in [0.3, 0.4) is 0 Å². The number of primary amides is 1. The van der Waals surface area contributed by atoms with Crippen LogP contribution in [0, 0.1) is 11.3 Å². The molecule has 2 aliphatic carbocycles. The highest BCUT2D eigenvalue weighted by Crippen LogP contribution is 2.54. The molecule has 11 heteroatoms. The van der Waals surface area contributed by atoms with E-state index in [0.29, 0.717) is 36.0 Å². The van der Waals surface area contributed by atoms with Crippen LogP contribution in [0.5, 0.6) is 0 Å². The van der Waals surface area contributed by atoms with Gasteiger partial charge in [-0.3, -0.25) is 9.59 Å². The number of nitrogens with two attached hydrogens (primary N) is 1. The van der Waals surface area contributed by atoms with E-state index in [1.807, 2.05) is 25.1 Å². The minimum Gasteiger partial charge on any atom is -0.366 e. The van der Waals surface area contributed by atoms with Crippen molar-refractivity contribution < 1.29 is 9.59 Å². The number of nitrogens with zero attached hydrogens (tertiary/aromatic N) is 5. The summed E-state index contributed by atoms with van der Waals surface area (Å²) in [7, 11) is 1.58. The van der Waals surface area contributed by atoms with Gasteiger partial charge >= 0.3 is 0 Å². The van der Waals surface area contributed by atoms with Crippen LogP contribution in [-0.4, -0.2) is 69.1 Å². The fourth-order valence-corrected chi connectivity index (χ4v) is 5.94. The molecule has 206 valence electrons. The highest BCUT2D eigenvalue weighted by Gasteiger charge is 2.49. The van der Waals surface area contributed by atoms with E-state index in [9.17, 15) is 14.9 Å². The number of aromatic amines is 1. The summed E-state index contributed by atoms with van der Waals surface area (Å²) < 4.78 is 0. The second kappa shape index (κ2) is 10.5. The molecule has 1 saturated carbocycles. The molecule has 0 radical (unpaired) electrons. The van der Waals surface area contributed by atoms with Crippen molar-refractivity contribution in [3.63, 3.8) is 0 Å². The molecule has 11 nitrogen and oxygen atoms in total. The molecular formula is C29H33N9O2. The van der Waals surface area contributed by atoms with E-state index in [1.165, 1.54) is 0 Å². The summed E-state index contributed by atoms with van der Waals surface area (Å²) in [5, 5.41) is 31.1. The lowest BCUT2D eigenvalue weighted by atomic mass is 9.72. The first-order chi connectivity index (χ1) is 19.2. The first-order valence-corrected chi connectivity index (χ1v) is 13.4. The van der Waals surface area contributed by atoms with Crippen molar-refractivity contribution in [1.82, 2.24) is 36.2 Å². The Kier molecular flexibility index (Phi) is 7.12. The minimum atomic E-state index is -0.820. The van der Waals surface area contributed by atoms with Crippen molar-refractivity contribution in [3.8, 4) is 17.2 Å². The number of benzene rings is 2. The molecule has 3 atom stereocenters. The van der Waals surface area contributed by atoms with E-state index in [1.54, 1.807) is 25.2 Å². The molecule has 0 spiro atoms. The first-order valence-electron chi connectivity index (χ1n) is 13.4. The van der Waals surface area contributed by atoms with Gasteiger partial charge in [0.2, 0.25) is 5.91 Å². The fourth-order valence-electron chi connectivity index (χ4n) is 5.94. The quantitative estimate of drug-likeness (QED) is 0.288. The van der Waals surface area contributed by atoms with E-state index in [2.05, 4.69) is 55.7 Å². The predicted octanol–water partition coefficient (Wildman–Crippen LogP) is 2.23. The second-order valence-corrected chi connectivity index (χ2v) is 10.6. The van der Waals surface area contributed by atoms with E-state index in [0.717, 1.165) is 40.8 Å². The summed E-state index contributed by atoms with van der Waals surface area (Å²) in [5.41, 5.74) is 9.96. The summed E-state index contributed by atoms with van der Waals surface area (Å²) in [6, 6.07) is 13.3. The maximum Gasteiger partial charge on any atom is 0.251 e. The third kappa shape index (κ3) is 4.60. The Morgan fingerprint density at radius 1 is 1.20 bits per heavy atom. The second-order valence-electron chi connectivity index (χ2n) is 10.6. The van der Waals surface area contributed by atoms with E-state index in [-0.39, 0.29) is 18.0 Å². The number of fused-ring (bicyclic) bond motifs is 3. The number of aromatic nitrogens is 4. The van der Waals surface area contributed by atoms with Gasteiger partial charge in [-0.1, -0.05) is 23.9 Å². The highest BCUT2D eigenvalue weighted by molar-refractivity contribution is 5.99. The van der Waals surface area contributed by atoms with Crippen molar-refractivity contribution in [2.75, 3.05) is 13.6 Å². The number of nitrogens with one attached hydrogen (secondary N) is 3. The van der Waals surface area contributed by atoms with Gasteiger partial charge in [0, 0.05) is 42.5 Å². The molecule has 2 aliphatic rings. The standard InChI is InChI=1S/C29H33N9O2/c1-16(33-15-18(3)38(17(2)14-30)21-7-8-21)13-29(28-34-36-37-35-28)24-9-5-19(26(31)39)11-22(24)23-12-20(27(40)32-4)6-10-25(23)29/h5-6,9-12,16-17,21,33H,3,7-8,13,15H2,1-2,4H3,(H2,31,39)(H,32,40)(H,34,35,36,37)/t16-,17?,29?/m0/s1.